The van der Waals surface area contributed by atoms with Crippen molar-refractivity contribution in [1.82, 2.24) is 5.43 Å². The second-order valence-electron chi connectivity index (χ2n) is 4.50. The molecular weight excluding hydrogens is 412 g/mol. The Bertz CT molecular complexity index is 672. The summed E-state index contributed by atoms with van der Waals surface area (Å²) in [6.45, 7) is 1.67. The molecule has 22 heavy (non-hydrogen) atoms. The van der Waals surface area contributed by atoms with Gasteiger partial charge in [0.05, 0.1) is 6.21 Å². The molecule has 2 aromatic rings. The van der Waals surface area contributed by atoms with E-state index in [0.29, 0.717) is 5.75 Å². The molecule has 0 heterocycles. The van der Waals surface area contributed by atoms with Gasteiger partial charge in [-0.15, -0.1) is 0 Å². The molecule has 1 amide bonds. The number of rotatable bonds is 5. The molecule has 0 aliphatic carbocycles. The van der Waals surface area contributed by atoms with Crippen molar-refractivity contribution in [3.8, 4) is 5.75 Å². The minimum absolute atomic E-state index is 0.312. The van der Waals surface area contributed by atoms with Gasteiger partial charge in [-0.3, -0.25) is 4.79 Å². The molecule has 2 aromatic carbocycles. The SMILES string of the molecule is CC(Oc1cccc(Br)c1)C(=O)N/N=C/c1ccc(Br)cc1. The maximum Gasteiger partial charge on any atom is 0.280 e. The largest absolute Gasteiger partial charge is 0.481 e. The summed E-state index contributed by atoms with van der Waals surface area (Å²) >= 11 is 6.71. The predicted octanol–water partition coefficient (Wildman–Crippen LogP) is 4.13. The molecule has 0 aliphatic heterocycles. The van der Waals surface area contributed by atoms with Crippen molar-refractivity contribution in [3.05, 3.63) is 63.0 Å². The minimum atomic E-state index is -0.642. The van der Waals surface area contributed by atoms with Gasteiger partial charge < -0.3 is 4.74 Å². The molecule has 0 aliphatic rings. The van der Waals surface area contributed by atoms with E-state index < -0.39 is 6.10 Å². The van der Waals surface area contributed by atoms with E-state index in [-0.39, 0.29) is 5.91 Å². The van der Waals surface area contributed by atoms with Crippen molar-refractivity contribution in [2.45, 2.75) is 13.0 Å². The van der Waals surface area contributed by atoms with Crippen molar-refractivity contribution in [3.63, 3.8) is 0 Å². The maximum absolute atomic E-state index is 11.9. The molecule has 2 rings (SSSR count). The number of nitrogens with one attached hydrogen (secondary N) is 1. The standard InChI is InChI=1S/C16H14Br2N2O2/c1-11(22-15-4-2-3-14(18)9-15)16(21)20-19-10-12-5-7-13(17)8-6-12/h2-11H,1H3,(H,20,21)/b19-10+. The summed E-state index contributed by atoms with van der Waals surface area (Å²) < 4.78 is 7.44. The fraction of sp³-hybridized carbons (Fsp3) is 0.125. The molecule has 0 saturated carbocycles. The van der Waals surface area contributed by atoms with Gasteiger partial charge >= 0.3 is 0 Å². The van der Waals surface area contributed by atoms with Crippen molar-refractivity contribution >= 4 is 44.0 Å². The summed E-state index contributed by atoms with van der Waals surface area (Å²) in [6.07, 6.45) is 0.937. The molecule has 0 aromatic heterocycles. The fourth-order valence-electron chi connectivity index (χ4n) is 1.61. The zero-order chi connectivity index (χ0) is 15.9. The Labute approximate surface area is 145 Å². The predicted molar refractivity (Wildman–Crippen MR) is 94.1 cm³/mol. The lowest BCUT2D eigenvalue weighted by molar-refractivity contribution is -0.127. The summed E-state index contributed by atoms with van der Waals surface area (Å²) in [7, 11) is 0. The summed E-state index contributed by atoms with van der Waals surface area (Å²) in [4.78, 5) is 11.9. The highest BCUT2D eigenvalue weighted by molar-refractivity contribution is 9.10. The van der Waals surface area contributed by atoms with Crippen LogP contribution in [0.1, 0.15) is 12.5 Å². The van der Waals surface area contributed by atoms with Gasteiger partial charge in [0, 0.05) is 8.95 Å². The van der Waals surface area contributed by atoms with Gasteiger partial charge in [-0.05, 0) is 42.8 Å². The first-order chi connectivity index (χ1) is 10.5. The highest BCUT2D eigenvalue weighted by atomic mass is 79.9. The molecule has 6 heteroatoms. The number of hydrogen-bond donors (Lipinski definition) is 1. The maximum atomic E-state index is 11.9. The summed E-state index contributed by atoms with van der Waals surface area (Å²) in [5.41, 5.74) is 3.36. The van der Waals surface area contributed by atoms with Gasteiger partial charge in [0.25, 0.3) is 5.91 Å². The van der Waals surface area contributed by atoms with Crippen LogP contribution in [0.15, 0.2) is 62.6 Å². The van der Waals surface area contributed by atoms with E-state index in [4.69, 9.17) is 4.74 Å². The lowest BCUT2D eigenvalue weighted by atomic mass is 10.2. The van der Waals surface area contributed by atoms with Crippen LogP contribution in [0.25, 0.3) is 0 Å². The van der Waals surface area contributed by atoms with Crippen LogP contribution in [-0.4, -0.2) is 18.2 Å². The molecule has 114 valence electrons. The van der Waals surface area contributed by atoms with Gasteiger partial charge in [-0.1, -0.05) is 50.1 Å². The Balaban J connectivity index is 1.87. The summed E-state index contributed by atoms with van der Waals surface area (Å²) in [5.74, 6) is 0.308. The second-order valence-corrected chi connectivity index (χ2v) is 6.33. The summed E-state index contributed by atoms with van der Waals surface area (Å²) in [5, 5.41) is 3.92. The van der Waals surface area contributed by atoms with Crippen LogP contribution in [0, 0.1) is 0 Å². The van der Waals surface area contributed by atoms with E-state index >= 15 is 0 Å². The molecule has 1 N–H and O–H groups in total. The third-order valence-electron chi connectivity index (χ3n) is 2.74. The van der Waals surface area contributed by atoms with E-state index in [0.717, 1.165) is 14.5 Å². The van der Waals surface area contributed by atoms with Gasteiger partial charge in [0.2, 0.25) is 0 Å². The average molecular weight is 426 g/mol. The van der Waals surface area contributed by atoms with E-state index in [1.807, 2.05) is 36.4 Å². The van der Waals surface area contributed by atoms with Crippen molar-refractivity contribution in [2.24, 2.45) is 5.10 Å². The molecular formula is C16H14Br2N2O2. The van der Waals surface area contributed by atoms with Crippen molar-refractivity contribution in [1.29, 1.82) is 0 Å². The number of carbonyl (C=O) groups is 1. The number of benzene rings is 2. The highest BCUT2D eigenvalue weighted by Crippen LogP contribution is 2.18. The van der Waals surface area contributed by atoms with E-state index in [2.05, 4.69) is 42.4 Å². The molecule has 0 spiro atoms. The van der Waals surface area contributed by atoms with E-state index in [1.165, 1.54) is 0 Å². The second kappa shape index (κ2) is 8.10. The van der Waals surface area contributed by atoms with Crippen LogP contribution in [0.4, 0.5) is 0 Å². The normalized spacial score (nSPS) is 12.1. The minimum Gasteiger partial charge on any atom is -0.481 e. The van der Waals surface area contributed by atoms with Crippen LogP contribution in [0.2, 0.25) is 0 Å². The first kappa shape index (κ1) is 16.7. The molecule has 0 bridgehead atoms. The number of nitrogens with zero attached hydrogens (tertiary/aromatic N) is 1. The average Bonchev–Trinajstić information content (AvgIpc) is 2.49. The summed E-state index contributed by atoms with van der Waals surface area (Å²) in [6, 6.07) is 14.9. The number of carbonyl (C=O) groups excluding carboxylic acids is 1. The third-order valence-corrected chi connectivity index (χ3v) is 3.76. The van der Waals surface area contributed by atoms with Crippen LogP contribution in [0.5, 0.6) is 5.75 Å². The number of hydrogen-bond acceptors (Lipinski definition) is 3. The van der Waals surface area contributed by atoms with Gasteiger partial charge in [-0.25, -0.2) is 5.43 Å². The smallest absolute Gasteiger partial charge is 0.280 e. The molecule has 0 fully saturated rings. The molecule has 0 saturated heterocycles. The quantitative estimate of drug-likeness (QED) is 0.578. The van der Waals surface area contributed by atoms with Gasteiger partial charge in [-0.2, -0.15) is 5.10 Å². The molecule has 0 radical (unpaired) electrons. The third kappa shape index (κ3) is 5.27. The molecule has 1 atom stereocenters. The number of halogens is 2. The molecule has 1 unspecified atom stereocenters. The first-order valence-corrected chi connectivity index (χ1v) is 8.14. The van der Waals surface area contributed by atoms with E-state index in [1.54, 1.807) is 25.3 Å². The zero-order valence-electron chi connectivity index (χ0n) is 11.8. The van der Waals surface area contributed by atoms with Crippen LogP contribution in [0.3, 0.4) is 0 Å². The van der Waals surface area contributed by atoms with Crippen LogP contribution >= 0.6 is 31.9 Å². The number of hydrazone groups is 1. The Morgan fingerprint density at radius 1 is 1.18 bits per heavy atom. The Kier molecular flexibility index (Phi) is 6.15. The van der Waals surface area contributed by atoms with Crippen LogP contribution < -0.4 is 10.2 Å². The van der Waals surface area contributed by atoms with E-state index in [9.17, 15) is 4.79 Å². The Hall–Kier alpha value is -1.66. The zero-order valence-corrected chi connectivity index (χ0v) is 15.0. The van der Waals surface area contributed by atoms with Gasteiger partial charge in [0.15, 0.2) is 6.10 Å². The van der Waals surface area contributed by atoms with Crippen LogP contribution in [-0.2, 0) is 4.79 Å². The van der Waals surface area contributed by atoms with Gasteiger partial charge in [0.1, 0.15) is 5.75 Å². The lowest BCUT2D eigenvalue weighted by Crippen LogP contribution is -2.33. The Morgan fingerprint density at radius 3 is 2.59 bits per heavy atom. The topological polar surface area (TPSA) is 50.7 Å². The lowest BCUT2D eigenvalue weighted by Gasteiger charge is -2.12. The monoisotopic (exact) mass is 424 g/mol. The fourth-order valence-corrected chi connectivity index (χ4v) is 2.25. The first-order valence-electron chi connectivity index (χ1n) is 6.55. The molecule has 4 nitrogen and oxygen atoms in total. The van der Waals surface area contributed by atoms with Crippen molar-refractivity contribution in [2.75, 3.05) is 0 Å². The number of amides is 1. The highest BCUT2D eigenvalue weighted by Gasteiger charge is 2.13. The van der Waals surface area contributed by atoms with Crippen molar-refractivity contribution < 1.29 is 9.53 Å². The number of ether oxygens (including phenoxy) is 1. The Morgan fingerprint density at radius 2 is 1.91 bits per heavy atom.